The van der Waals surface area contributed by atoms with Gasteiger partial charge in [-0.15, -0.1) is 24.8 Å². The van der Waals surface area contributed by atoms with Gasteiger partial charge in [0.15, 0.2) is 0 Å². The van der Waals surface area contributed by atoms with Crippen LogP contribution in [-0.2, 0) is 24.7 Å². The van der Waals surface area contributed by atoms with Crippen molar-refractivity contribution in [3.63, 3.8) is 0 Å². The summed E-state index contributed by atoms with van der Waals surface area (Å²) in [6.45, 7) is 25.6. The van der Waals surface area contributed by atoms with Gasteiger partial charge in [-0.25, -0.2) is 0 Å². The maximum absolute atomic E-state index is 5.89. The van der Waals surface area contributed by atoms with Crippen LogP contribution in [0.2, 0.25) is 0 Å². The van der Waals surface area contributed by atoms with Crippen molar-refractivity contribution in [3.8, 4) is 11.1 Å². The van der Waals surface area contributed by atoms with Crippen LogP contribution in [0.25, 0.3) is 11.1 Å². The van der Waals surface area contributed by atoms with E-state index in [2.05, 4.69) is 155 Å². The summed E-state index contributed by atoms with van der Waals surface area (Å²) < 4.78 is 12.0. The van der Waals surface area contributed by atoms with Crippen molar-refractivity contribution in [2.24, 2.45) is 17.3 Å². The number of rotatable bonds is 5. The van der Waals surface area contributed by atoms with E-state index in [1.807, 2.05) is 0 Å². The average Bonchev–Trinajstić information content (AvgIpc) is 3.58. The van der Waals surface area contributed by atoms with Crippen molar-refractivity contribution < 1.29 is 18.3 Å². The summed E-state index contributed by atoms with van der Waals surface area (Å²) in [6.07, 6.45) is 6.24. The van der Waals surface area contributed by atoms with Gasteiger partial charge in [-0.1, -0.05) is 0 Å². The van der Waals surface area contributed by atoms with Crippen LogP contribution in [0.4, 0.5) is 0 Å². The van der Waals surface area contributed by atoms with Crippen LogP contribution in [-0.4, -0.2) is 4.21 Å². The van der Waals surface area contributed by atoms with Crippen molar-refractivity contribution in [3.05, 3.63) is 132 Å². The molecule has 0 N–H and O–H groups in total. The van der Waals surface area contributed by atoms with Gasteiger partial charge >= 0.3 is 276 Å². The van der Waals surface area contributed by atoms with E-state index in [1.165, 1.54) is 67.8 Å². The summed E-state index contributed by atoms with van der Waals surface area (Å²) in [4.78, 5) is 0. The second-order valence-corrected chi connectivity index (χ2v) is 28.6. The van der Waals surface area contributed by atoms with Gasteiger partial charge in [0.2, 0.25) is 0 Å². The van der Waals surface area contributed by atoms with Crippen molar-refractivity contribution in [2.45, 2.75) is 82.6 Å². The summed E-state index contributed by atoms with van der Waals surface area (Å²) in [7, 11) is 0. The number of halogens is 2. The maximum atomic E-state index is 5.89. The summed E-state index contributed by atoms with van der Waals surface area (Å²) in [6, 6.07) is 26.6. The van der Waals surface area contributed by atoms with Crippen molar-refractivity contribution in [2.75, 3.05) is 0 Å². The van der Waals surface area contributed by atoms with Gasteiger partial charge in [0.25, 0.3) is 0 Å². The van der Waals surface area contributed by atoms with Crippen molar-refractivity contribution in [1.29, 1.82) is 0 Å². The van der Waals surface area contributed by atoms with Gasteiger partial charge in [-0.05, 0) is 0 Å². The molecule has 0 aliphatic heterocycles. The third-order valence-electron chi connectivity index (χ3n) is 11.5. The predicted molar refractivity (Wildman–Crippen MR) is 210 cm³/mol. The van der Waals surface area contributed by atoms with E-state index in [0.717, 1.165) is 6.42 Å². The molecular formula is C44H54Cl2Zr. The van der Waals surface area contributed by atoms with Crippen LogP contribution in [0.15, 0.2) is 87.7 Å². The molecule has 1 unspecified atom stereocenters. The zero-order valence-corrected chi connectivity index (χ0v) is 34.5. The zero-order chi connectivity index (χ0) is 32.7. The Morgan fingerprint density at radius 3 is 1.68 bits per heavy atom. The molecule has 0 spiro atoms. The summed E-state index contributed by atoms with van der Waals surface area (Å²) in [5.74, 6) is 0.788. The van der Waals surface area contributed by atoms with Gasteiger partial charge in [-0.2, -0.15) is 0 Å². The van der Waals surface area contributed by atoms with Gasteiger partial charge in [-0.3, -0.25) is 0 Å². The standard InChI is InChI=1S/C17H17.C12H19.2C7H7.CH2.2ClH.Zr/c1-10-5-14-9-15-6-11(2)13(4)8-17(15)16(14)7-12(10)3;1-9(2)10-6-7-11(8-10)12(3,4)5;2*1-7-5-3-2-4-6-7;;;;/h5,7-8H,9H2,1-4H3;7-10H,1-5H3;2*3-6H,1H3;1H2;2*1H;. The second-order valence-electron chi connectivity index (χ2n) is 15.9. The molecule has 6 rings (SSSR count). The number of aryl methyl sites for hydroxylation is 5. The van der Waals surface area contributed by atoms with Crippen LogP contribution in [0, 0.1) is 58.8 Å². The fraction of sp³-hybridized carbons (Fsp3) is 0.341. The van der Waals surface area contributed by atoms with Gasteiger partial charge < -0.3 is 0 Å². The molecule has 2 aliphatic rings. The molecule has 0 aromatic heterocycles. The van der Waals surface area contributed by atoms with E-state index in [1.54, 1.807) is 6.55 Å². The Morgan fingerprint density at radius 2 is 1.19 bits per heavy atom. The van der Waals surface area contributed by atoms with E-state index in [4.69, 9.17) is 4.21 Å². The minimum absolute atomic E-state index is 0. The van der Waals surface area contributed by atoms with Gasteiger partial charge in [0.1, 0.15) is 0 Å². The van der Waals surface area contributed by atoms with Gasteiger partial charge in [0, 0.05) is 0 Å². The van der Waals surface area contributed by atoms with Crippen LogP contribution in [0.5, 0.6) is 0 Å². The van der Waals surface area contributed by atoms with Crippen molar-refractivity contribution in [1.82, 2.24) is 0 Å². The Kier molecular flexibility index (Phi) is 10.3. The molecule has 0 bridgehead atoms. The topological polar surface area (TPSA) is 0 Å². The van der Waals surface area contributed by atoms with Crippen LogP contribution < -0.4 is 9.81 Å². The molecular weight excluding hydrogens is 691 g/mol. The number of hydrogen-bond donors (Lipinski definition) is 0. The van der Waals surface area contributed by atoms with E-state index < -0.39 is 18.3 Å². The molecule has 4 aromatic carbocycles. The molecule has 0 heterocycles. The molecule has 0 radical (unpaired) electrons. The Balaban J connectivity index is 0.00000250. The third-order valence-corrected chi connectivity index (χ3v) is 28.1. The van der Waals surface area contributed by atoms with E-state index in [0.29, 0.717) is 11.8 Å². The quantitative estimate of drug-likeness (QED) is 0.168. The zero-order valence-electron chi connectivity index (χ0n) is 30.4. The Labute approximate surface area is 298 Å². The number of benzene rings is 4. The molecule has 0 fully saturated rings. The first-order valence-corrected chi connectivity index (χ1v) is 23.6. The fourth-order valence-corrected chi connectivity index (χ4v) is 26.2. The molecule has 248 valence electrons. The van der Waals surface area contributed by atoms with E-state index in [9.17, 15) is 0 Å². The summed E-state index contributed by atoms with van der Waals surface area (Å²) >= 11 is -4.98. The van der Waals surface area contributed by atoms with Gasteiger partial charge in [0.05, 0.1) is 0 Å². The third kappa shape index (κ3) is 5.67. The first-order valence-electron chi connectivity index (χ1n) is 16.9. The monoisotopic (exact) mass is 742 g/mol. The molecule has 47 heavy (non-hydrogen) atoms. The second kappa shape index (κ2) is 12.9. The Morgan fingerprint density at radius 1 is 0.702 bits per heavy atom. The Hall–Kier alpha value is -2.31. The molecule has 3 heteroatoms. The number of hydrogen-bond acceptors (Lipinski definition) is 0. The summed E-state index contributed by atoms with van der Waals surface area (Å²) in [5.41, 5.74) is 15.5. The average molecular weight is 745 g/mol. The van der Waals surface area contributed by atoms with E-state index in [-0.39, 0.29) is 30.2 Å². The Bertz CT molecular complexity index is 1930. The van der Waals surface area contributed by atoms with Crippen LogP contribution in [0.1, 0.15) is 79.1 Å². The first-order chi connectivity index (χ1) is 21.1. The molecule has 2 aliphatic carbocycles. The molecule has 1 atom stereocenters. The van der Waals surface area contributed by atoms with Crippen LogP contribution in [0.3, 0.4) is 0 Å². The normalized spacial score (nSPS) is 15.8. The SMILES string of the molecule is Cl.Cl.[CH2]=[Zr]([C]1=CC(C(C)(C)C)=CC1C(C)C)([c]1ccc(C)cc1)([c]1ccc(C)cc1)[c]1c(C)c(C)cc2c1Cc1cc(C)c(C)cc1-2. The molecule has 0 saturated carbocycles. The van der Waals surface area contributed by atoms with E-state index >= 15 is 0 Å². The number of fused-ring (bicyclic) bond motifs is 3. The summed E-state index contributed by atoms with van der Waals surface area (Å²) in [5, 5.41) is 0. The number of allylic oxidation sites excluding steroid dienone is 4. The molecule has 0 amide bonds. The van der Waals surface area contributed by atoms with Crippen LogP contribution >= 0.6 is 24.8 Å². The fourth-order valence-electron chi connectivity index (χ4n) is 8.52. The molecule has 0 saturated heterocycles. The minimum atomic E-state index is -4.98. The first kappa shape index (κ1) is 37.5. The predicted octanol–water partition coefficient (Wildman–Crippen LogP) is 10.5. The molecule has 0 nitrogen and oxygen atoms in total. The molecule has 4 aromatic rings. The van der Waals surface area contributed by atoms with Crippen molar-refractivity contribution >= 4 is 38.8 Å².